The summed E-state index contributed by atoms with van der Waals surface area (Å²) in [5.74, 6) is 0.989. The zero-order valence-electron chi connectivity index (χ0n) is 14.8. The first-order valence-corrected chi connectivity index (χ1v) is 9.20. The molecule has 3 nitrogen and oxygen atoms in total. The van der Waals surface area contributed by atoms with Gasteiger partial charge in [0.15, 0.2) is 0 Å². The fourth-order valence-corrected chi connectivity index (χ4v) is 3.68. The van der Waals surface area contributed by atoms with Crippen molar-refractivity contribution in [1.82, 2.24) is 9.55 Å². The van der Waals surface area contributed by atoms with Crippen LogP contribution in [0.5, 0.6) is 0 Å². The Kier molecular flexibility index (Phi) is 3.80. The van der Waals surface area contributed by atoms with Crippen LogP contribution in [0.2, 0.25) is 0 Å². The number of benzene rings is 2. The maximum atomic E-state index is 13.3. The van der Waals surface area contributed by atoms with Crippen molar-refractivity contribution in [1.29, 1.82) is 0 Å². The molecule has 1 aliphatic carbocycles. The van der Waals surface area contributed by atoms with Gasteiger partial charge in [-0.15, -0.1) is 0 Å². The lowest BCUT2D eigenvalue weighted by molar-refractivity contribution is 0.282. The van der Waals surface area contributed by atoms with Gasteiger partial charge in [-0.2, -0.15) is 0 Å². The summed E-state index contributed by atoms with van der Waals surface area (Å²) in [5, 5.41) is 10.6. The van der Waals surface area contributed by atoms with Crippen LogP contribution in [0.15, 0.2) is 67.0 Å². The first kappa shape index (κ1) is 16.2. The average molecular weight is 358 g/mol. The van der Waals surface area contributed by atoms with Gasteiger partial charge in [-0.3, -0.25) is 0 Å². The predicted octanol–water partition coefficient (Wildman–Crippen LogP) is 5.20. The van der Waals surface area contributed by atoms with Crippen molar-refractivity contribution in [2.45, 2.75) is 25.4 Å². The van der Waals surface area contributed by atoms with Gasteiger partial charge in [0.05, 0.1) is 18.3 Å². The van der Waals surface area contributed by atoms with Crippen LogP contribution < -0.4 is 0 Å². The summed E-state index contributed by atoms with van der Waals surface area (Å²) in [4.78, 5) is 4.24. The molecule has 0 aliphatic heterocycles. The number of rotatable bonds is 4. The van der Waals surface area contributed by atoms with Crippen molar-refractivity contribution < 1.29 is 9.50 Å². The summed E-state index contributed by atoms with van der Waals surface area (Å²) >= 11 is 0. The molecule has 0 unspecified atom stereocenters. The number of fused-ring (bicyclic) bond motifs is 1. The highest BCUT2D eigenvalue weighted by Gasteiger charge is 2.24. The second-order valence-corrected chi connectivity index (χ2v) is 7.16. The quantitative estimate of drug-likeness (QED) is 0.544. The molecule has 27 heavy (non-hydrogen) atoms. The highest BCUT2D eigenvalue weighted by Crippen LogP contribution is 2.42. The van der Waals surface area contributed by atoms with Gasteiger partial charge in [0, 0.05) is 17.1 Å². The Morgan fingerprint density at radius 3 is 2.70 bits per heavy atom. The minimum absolute atomic E-state index is 0.0233. The third-order valence-corrected chi connectivity index (χ3v) is 5.26. The molecule has 1 saturated carbocycles. The molecule has 1 N–H and O–H groups in total. The van der Waals surface area contributed by atoms with Gasteiger partial charge in [0.25, 0.3) is 0 Å². The lowest BCUT2D eigenvalue weighted by Gasteiger charge is -2.05. The monoisotopic (exact) mass is 358 g/mol. The molecule has 2 aromatic heterocycles. The Bertz CT molecular complexity index is 1130. The molecule has 2 heterocycles. The van der Waals surface area contributed by atoms with E-state index < -0.39 is 0 Å². The number of aliphatic hydroxyl groups is 1. The first-order chi connectivity index (χ1) is 13.2. The molecule has 2 aromatic carbocycles. The molecule has 0 radical (unpaired) electrons. The fourth-order valence-electron chi connectivity index (χ4n) is 3.68. The average Bonchev–Trinajstić information content (AvgIpc) is 3.49. The van der Waals surface area contributed by atoms with Gasteiger partial charge in [-0.05, 0) is 53.6 Å². The van der Waals surface area contributed by atoms with E-state index in [4.69, 9.17) is 0 Å². The topological polar surface area (TPSA) is 38.0 Å². The Hall–Kier alpha value is -2.98. The third kappa shape index (κ3) is 2.92. The molecule has 1 aliphatic rings. The number of nitrogens with zero attached hydrogens (tertiary/aromatic N) is 2. The van der Waals surface area contributed by atoms with Crippen LogP contribution in [0.1, 0.15) is 29.9 Å². The Morgan fingerprint density at radius 2 is 1.96 bits per heavy atom. The van der Waals surface area contributed by atoms with E-state index in [1.807, 2.05) is 22.8 Å². The van der Waals surface area contributed by atoms with Gasteiger partial charge in [0.2, 0.25) is 0 Å². The van der Waals surface area contributed by atoms with E-state index in [1.165, 1.54) is 36.2 Å². The van der Waals surface area contributed by atoms with Crippen LogP contribution in [0.25, 0.3) is 27.8 Å². The molecule has 4 heteroatoms. The fraction of sp³-hybridized carbons (Fsp3) is 0.174. The summed E-state index contributed by atoms with van der Waals surface area (Å²) in [6.07, 6.45) is 5.82. The molecule has 4 aromatic rings. The Balaban J connectivity index is 1.73. The lowest BCUT2D eigenvalue weighted by atomic mass is 10.00. The molecular weight excluding hydrogens is 339 g/mol. The summed E-state index contributed by atoms with van der Waals surface area (Å²) in [7, 11) is 0. The van der Waals surface area contributed by atoms with Crippen LogP contribution in [-0.2, 0) is 6.61 Å². The van der Waals surface area contributed by atoms with Crippen LogP contribution in [-0.4, -0.2) is 14.7 Å². The van der Waals surface area contributed by atoms with Crippen LogP contribution in [0.4, 0.5) is 4.39 Å². The molecule has 1 fully saturated rings. The summed E-state index contributed by atoms with van der Waals surface area (Å²) in [6, 6.07) is 17.8. The first-order valence-electron chi connectivity index (χ1n) is 9.20. The number of hydrogen-bond donors (Lipinski definition) is 1. The highest BCUT2D eigenvalue weighted by molar-refractivity contribution is 5.97. The number of halogens is 1. The van der Waals surface area contributed by atoms with Crippen molar-refractivity contribution >= 4 is 10.9 Å². The van der Waals surface area contributed by atoms with E-state index in [2.05, 4.69) is 35.4 Å². The van der Waals surface area contributed by atoms with Crippen LogP contribution in [0.3, 0.4) is 0 Å². The summed E-state index contributed by atoms with van der Waals surface area (Å²) in [6.45, 7) is -0.0233. The molecule has 0 atom stereocenters. The minimum atomic E-state index is -0.358. The largest absolute Gasteiger partial charge is 0.392 e. The van der Waals surface area contributed by atoms with E-state index in [9.17, 15) is 9.50 Å². The minimum Gasteiger partial charge on any atom is -0.392 e. The maximum Gasteiger partial charge on any atom is 0.141 e. The van der Waals surface area contributed by atoms with Crippen molar-refractivity contribution in [3.8, 4) is 16.9 Å². The third-order valence-electron chi connectivity index (χ3n) is 5.26. The Labute approximate surface area is 156 Å². The Morgan fingerprint density at radius 1 is 1.07 bits per heavy atom. The van der Waals surface area contributed by atoms with E-state index in [-0.39, 0.29) is 12.4 Å². The van der Waals surface area contributed by atoms with Gasteiger partial charge in [-0.25, -0.2) is 9.37 Å². The van der Waals surface area contributed by atoms with E-state index in [1.54, 1.807) is 6.07 Å². The standard InChI is InChI=1S/C23H19FN2O/c24-19-7-9-23(25-12-19)26-13-21(20-8-4-15(14-27)10-22(20)26)18-3-1-2-17(11-18)16-5-6-16/h1-4,7-13,16,27H,5-6,14H2. The summed E-state index contributed by atoms with van der Waals surface area (Å²) < 4.78 is 15.3. The number of aliphatic hydroxyl groups excluding tert-OH is 1. The maximum absolute atomic E-state index is 13.3. The molecule has 0 saturated heterocycles. The van der Waals surface area contributed by atoms with E-state index in [0.29, 0.717) is 11.7 Å². The summed E-state index contributed by atoms with van der Waals surface area (Å²) in [5.41, 5.74) is 5.46. The predicted molar refractivity (Wildman–Crippen MR) is 104 cm³/mol. The number of hydrogen-bond acceptors (Lipinski definition) is 2. The molecule has 0 amide bonds. The normalized spacial score (nSPS) is 14.0. The molecule has 0 spiro atoms. The molecule has 5 rings (SSSR count). The number of pyridine rings is 1. The second kappa shape index (κ2) is 6.32. The van der Waals surface area contributed by atoms with Crippen molar-refractivity contribution in [3.05, 3.63) is 83.9 Å². The van der Waals surface area contributed by atoms with E-state index in [0.717, 1.165) is 22.0 Å². The van der Waals surface area contributed by atoms with Crippen molar-refractivity contribution in [2.24, 2.45) is 0 Å². The molecular formula is C23H19FN2O. The zero-order valence-corrected chi connectivity index (χ0v) is 14.8. The number of aromatic nitrogens is 2. The van der Waals surface area contributed by atoms with Gasteiger partial charge in [0.1, 0.15) is 11.6 Å². The lowest BCUT2D eigenvalue weighted by Crippen LogP contribution is -1.96. The molecule has 134 valence electrons. The van der Waals surface area contributed by atoms with Crippen molar-refractivity contribution in [2.75, 3.05) is 0 Å². The van der Waals surface area contributed by atoms with Crippen LogP contribution in [0, 0.1) is 5.82 Å². The molecule has 0 bridgehead atoms. The smallest absolute Gasteiger partial charge is 0.141 e. The van der Waals surface area contributed by atoms with Gasteiger partial charge >= 0.3 is 0 Å². The zero-order chi connectivity index (χ0) is 18.4. The van der Waals surface area contributed by atoms with Crippen molar-refractivity contribution in [3.63, 3.8) is 0 Å². The second-order valence-electron chi connectivity index (χ2n) is 7.16. The SMILES string of the molecule is OCc1ccc2c(-c3cccc(C4CC4)c3)cn(-c3ccc(F)cn3)c2c1. The van der Waals surface area contributed by atoms with E-state index >= 15 is 0 Å². The van der Waals surface area contributed by atoms with Gasteiger partial charge in [-0.1, -0.05) is 36.4 Å². The van der Waals surface area contributed by atoms with Gasteiger partial charge < -0.3 is 9.67 Å². The van der Waals surface area contributed by atoms with Crippen LogP contribution >= 0.6 is 0 Å². The highest BCUT2D eigenvalue weighted by atomic mass is 19.1.